The molecule has 2 aromatic carbocycles. The lowest BCUT2D eigenvalue weighted by Crippen LogP contribution is -2.27. The summed E-state index contributed by atoms with van der Waals surface area (Å²) in [5.41, 5.74) is 0.863. The number of aromatic carboxylic acids is 1. The fourth-order valence-corrected chi connectivity index (χ4v) is 4.26. The summed E-state index contributed by atoms with van der Waals surface area (Å²) in [6, 6.07) is 11.4. The number of carboxylic acids is 1. The summed E-state index contributed by atoms with van der Waals surface area (Å²) < 4.78 is 18.9. The van der Waals surface area contributed by atoms with Crippen molar-refractivity contribution in [1.29, 1.82) is 0 Å². The van der Waals surface area contributed by atoms with Crippen molar-refractivity contribution < 1.29 is 28.3 Å². The zero-order valence-corrected chi connectivity index (χ0v) is 18.3. The molecule has 0 radical (unpaired) electrons. The van der Waals surface area contributed by atoms with Gasteiger partial charge in [-0.3, -0.25) is 14.5 Å². The highest BCUT2D eigenvalue weighted by Gasteiger charge is 2.35. The number of nitrogens with zero attached hydrogens (tertiary/aromatic N) is 1. The number of hydrogen-bond donors (Lipinski definition) is 1. The van der Waals surface area contributed by atoms with Crippen LogP contribution in [0.3, 0.4) is 0 Å². The summed E-state index contributed by atoms with van der Waals surface area (Å²) in [7, 11) is 0. The van der Waals surface area contributed by atoms with Crippen molar-refractivity contribution in [3.8, 4) is 11.3 Å². The smallest absolute Gasteiger partial charge is 0.337 e. The van der Waals surface area contributed by atoms with Gasteiger partial charge in [-0.05, 0) is 59.8 Å². The van der Waals surface area contributed by atoms with Gasteiger partial charge in [0.05, 0.1) is 22.0 Å². The van der Waals surface area contributed by atoms with Crippen LogP contribution in [0.5, 0.6) is 0 Å². The number of halogens is 3. The third kappa shape index (κ3) is 4.43. The summed E-state index contributed by atoms with van der Waals surface area (Å²) in [4.78, 5) is 37.5. The Labute approximate surface area is 195 Å². The molecule has 0 bridgehead atoms. The van der Waals surface area contributed by atoms with Gasteiger partial charge < -0.3 is 9.52 Å². The van der Waals surface area contributed by atoms with Crippen molar-refractivity contribution in [3.63, 3.8) is 0 Å². The van der Waals surface area contributed by atoms with Gasteiger partial charge >= 0.3 is 5.97 Å². The van der Waals surface area contributed by atoms with Crippen molar-refractivity contribution in [2.75, 3.05) is 0 Å². The molecule has 162 valence electrons. The van der Waals surface area contributed by atoms with Crippen LogP contribution in [0.15, 0.2) is 57.9 Å². The molecule has 1 aliphatic heterocycles. The molecule has 3 aromatic rings. The van der Waals surface area contributed by atoms with Crippen LogP contribution in [0, 0.1) is 5.82 Å². The number of rotatable bonds is 5. The third-order valence-electron chi connectivity index (χ3n) is 4.60. The Morgan fingerprint density at radius 2 is 1.88 bits per heavy atom. The number of thioether (sulfide) groups is 1. The molecule has 32 heavy (non-hydrogen) atoms. The monoisotopic (exact) mass is 491 g/mol. The van der Waals surface area contributed by atoms with Gasteiger partial charge in [-0.2, -0.15) is 0 Å². The van der Waals surface area contributed by atoms with E-state index in [-0.39, 0.29) is 27.1 Å². The quantitative estimate of drug-likeness (QED) is 0.419. The van der Waals surface area contributed by atoms with Crippen molar-refractivity contribution in [2.45, 2.75) is 6.54 Å². The summed E-state index contributed by atoms with van der Waals surface area (Å²) in [6.07, 6.45) is 1.43. The zero-order chi connectivity index (χ0) is 23.0. The summed E-state index contributed by atoms with van der Waals surface area (Å²) >= 11 is 12.6. The lowest BCUT2D eigenvalue weighted by molar-refractivity contribution is -0.123. The lowest BCUT2D eigenvalue weighted by atomic mass is 10.1. The van der Waals surface area contributed by atoms with Crippen LogP contribution in [0.25, 0.3) is 17.4 Å². The van der Waals surface area contributed by atoms with Crippen LogP contribution in [-0.2, 0) is 11.3 Å². The van der Waals surface area contributed by atoms with Crippen molar-refractivity contribution in [2.24, 2.45) is 0 Å². The van der Waals surface area contributed by atoms with E-state index in [1.807, 2.05) is 0 Å². The Balaban J connectivity index is 1.56. The molecule has 1 aromatic heterocycles. The van der Waals surface area contributed by atoms with Gasteiger partial charge in [0.2, 0.25) is 0 Å². The Kier molecular flexibility index (Phi) is 6.10. The minimum absolute atomic E-state index is 0.0670. The average Bonchev–Trinajstić information content (AvgIpc) is 3.30. The summed E-state index contributed by atoms with van der Waals surface area (Å²) in [5.74, 6) is -1.54. The van der Waals surface area contributed by atoms with Gasteiger partial charge in [-0.1, -0.05) is 29.3 Å². The maximum atomic E-state index is 13.2. The molecule has 0 atom stereocenters. The maximum Gasteiger partial charge on any atom is 0.337 e. The number of carbonyl (C=O) groups excluding carboxylic acids is 2. The average molecular weight is 492 g/mol. The normalized spacial score (nSPS) is 15.1. The SMILES string of the molecule is O=C(O)c1cc(-c2ccc(/C=C3/SC(=O)N(Cc4ccc(F)cc4Cl)C3=O)o2)ccc1Cl. The van der Waals surface area contributed by atoms with Gasteiger partial charge in [0, 0.05) is 16.7 Å². The third-order valence-corrected chi connectivity index (χ3v) is 6.19. The summed E-state index contributed by atoms with van der Waals surface area (Å²) in [6.45, 7) is -0.0900. The first kappa shape index (κ1) is 22.1. The lowest BCUT2D eigenvalue weighted by Gasteiger charge is -2.13. The van der Waals surface area contributed by atoms with E-state index in [9.17, 15) is 23.9 Å². The predicted molar refractivity (Wildman–Crippen MR) is 119 cm³/mol. The molecule has 4 rings (SSSR count). The highest BCUT2D eigenvalue weighted by molar-refractivity contribution is 8.18. The predicted octanol–water partition coefficient (Wildman–Crippen LogP) is 6.33. The van der Waals surface area contributed by atoms with Crippen LogP contribution in [0.1, 0.15) is 21.7 Å². The second kappa shape index (κ2) is 8.82. The van der Waals surface area contributed by atoms with Crippen LogP contribution >= 0.6 is 35.0 Å². The Hall–Kier alpha value is -3.07. The fraction of sp³-hybridized carbons (Fsp3) is 0.0455. The van der Waals surface area contributed by atoms with E-state index >= 15 is 0 Å². The van der Waals surface area contributed by atoms with Gasteiger partial charge in [0.15, 0.2) is 0 Å². The number of imide groups is 1. The molecule has 1 saturated heterocycles. The Morgan fingerprint density at radius 1 is 1.09 bits per heavy atom. The van der Waals surface area contributed by atoms with Crippen LogP contribution in [0.4, 0.5) is 9.18 Å². The van der Waals surface area contributed by atoms with E-state index in [1.54, 1.807) is 18.2 Å². The highest BCUT2D eigenvalue weighted by Crippen LogP contribution is 2.35. The van der Waals surface area contributed by atoms with E-state index in [0.29, 0.717) is 22.6 Å². The molecule has 2 amide bonds. The van der Waals surface area contributed by atoms with Gasteiger partial charge in [-0.25, -0.2) is 9.18 Å². The number of carbonyl (C=O) groups is 3. The number of furan rings is 1. The second-order valence-electron chi connectivity index (χ2n) is 6.71. The molecule has 2 heterocycles. The van der Waals surface area contributed by atoms with Crippen LogP contribution in [0.2, 0.25) is 10.0 Å². The van der Waals surface area contributed by atoms with E-state index in [0.717, 1.165) is 22.7 Å². The minimum atomic E-state index is -1.17. The maximum absolute atomic E-state index is 13.2. The van der Waals surface area contributed by atoms with E-state index in [4.69, 9.17) is 27.6 Å². The first-order valence-corrected chi connectivity index (χ1v) is 10.6. The summed E-state index contributed by atoms with van der Waals surface area (Å²) in [5, 5.41) is 8.95. The molecule has 1 fully saturated rings. The molecule has 0 spiro atoms. The van der Waals surface area contributed by atoms with Gasteiger partial charge in [0.25, 0.3) is 11.1 Å². The Morgan fingerprint density at radius 3 is 2.59 bits per heavy atom. The van der Waals surface area contributed by atoms with Crippen molar-refractivity contribution in [3.05, 3.63) is 86.2 Å². The van der Waals surface area contributed by atoms with Crippen LogP contribution < -0.4 is 0 Å². The highest BCUT2D eigenvalue weighted by atomic mass is 35.5. The van der Waals surface area contributed by atoms with E-state index < -0.39 is 22.9 Å². The van der Waals surface area contributed by atoms with Crippen molar-refractivity contribution in [1.82, 2.24) is 4.90 Å². The van der Waals surface area contributed by atoms with Crippen molar-refractivity contribution >= 4 is 58.2 Å². The molecular weight excluding hydrogens is 480 g/mol. The molecule has 6 nitrogen and oxygen atoms in total. The van der Waals surface area contributed by atoms with Gasteiger partial charge in [-0.15, -0.1) is 0 Å². The zero-order valence-electron chi connectivity index (χ0n) is 16.0. The largest absolute Gasteiger partial charge is 0.478 e. The number of carboxylic acid groups (broad SMARTS) is 1. The van der Waals surface area contributed by atoms with E-state index in [2.05, 4.69) is 0 Å². The molecule has 1 aliphatic rings. The van der Waals surface area contributed by atoms with E-state index in [1.165, 1.54) is 30.3 Å². The van der Waals surface area contributed by atoms with Crippen LogP contribution in [-0.4, -0.2) is 27.1 Å². The molecular formula is C22H12Cl2FNO5S. The standard InChI is InChI=1S/C22H12Cl2FNO5S/c23-16-5-2-11(7-15(16)21(28)29)18-6-4-14(31-18)9-19-20(27)26(22(30)32-19)10-12-1-3-13(25)8-17(12)24/h1-9H,10H2,(H,28,29)/b19-9+. The fourth-order valence-electron chi connectivity index (χ4n) is 3.01. The number of hydrogen-bond acceptors (Lipinski definition) is 5. The topological polar surface area (TPSA) is 87.8 Å². The minimum Gasteiger partial charge on any atom is -0.478 e. The second-order valence-corrected chi connectivity index (χ2v) is 8.51. The molecule has 10 heteroatoms. The molecule has 0 unspecified atom stereocenters. The molecule has 0 saturated carbocycles. The molecule has 0 aliphatic carbocycles. The van der Waals surface area contributed by atoms with Gasteiger partial charge in [0.1, 0.15) is 17.3 Å². The number of amides is 2. The molecule has 1 N–H and O–H groups in total. The number of benzene rings is 2. The Bertz CT molecular complexity index is 1300. The first-order chi connectivity index (χ1) is 15.2. The first-order valence-electron chi connectivity index (χ1n) is 9.05.